The summed E-state index contributed by atoms with van der Waals surface area (Å²) in [5, 5.41) is 11.3. The smallest absolute Gasteiger partial charge is 0.193 e. The summed E-state index contributed by atoms with van der Waals surface area (Å²) in [6.45, 7) is 1.50. The molecule has 0 saturated carbocycles. The summed E-state index contributed by atoms with van der Waals surface area (Å²) in [4.78, 5) is 7.77. The minimum atomic E-state index is -1.28. The molecule has 0 bridgehead atoms. The second-order valence-corrected chi connectivity index (χ2v) is 10.3. The van der Waals surface area contributed by atoms with Crippen LogP contribution < -0.4 is 21.2 Å². The lowest BCUT2D eigenvalue weighted by Gasteiger charge is -2.25. The maximum absolute atomic E-state index is 15.2. The third-order valence-corrected chi connectivity index (χ3v) is 7.85. The number of alkyl halides is 1. The molecule has 0 radical (unpaired) electrons. The predicted octanol–water partition coefficient (Wildman–Crippen LogP) is 1.30. The zero-order valence-corrected chi connectivity index (χ0v) is 21.3. The number of aliphatic hydroxyl groups is 1. The Bertz CT molecular complexity index is 1300. The highest BCUT2D eigenvalue weighted by molar-refractivity contribution is 5.66. The summed E-state index contributed by atoms with van der Waals surface area (Å²) in [7, 11) is 1.68. The van der Waals surface area contributed by atoms with Crippen molar-refractivity contribution in [1.82, 2.24) is 4.98 Å². The minimum Gasteiger partial charge on any atom is -0.470 e. The zero-order valence-electron chi connectivity index (χ0n) is 21.3. The number of benzene rings is 1. The second kappa shape index (κ2) is 10.5. The number of fused-ring (bicyclic) bond motifs is 2. The predicted molar refractivity (Wildman–Crippen MR) is 137 cm³/mol. The third-order valence-electron chi connectivity index (χ3n) is 7.85. The average Bonchev–Trinajstić information content (AvgIpc) is 3.56. The fourth-order valence-corrected chi connectivity index (χ4v) is 5.67. The summed E-state index contributed by atoms with van der Waals surface area (Å²) in [6, 6.07) is 9.12. The third kappa shape index (κ3) is 4.81. The summed E-state index contributed by atoms with van der Waals surface area (Å²) in [6.07, 6.45) is 3.54. The van der Waals surface area contributed by atoms with Gasteiger partial charge in [-0.3, -0.25) is 10.7 Å². The Morgan fingerprint density at radius 2 is 2.08 bits per heavy atom. The molecule has 0 amide bonds. The van der Waals surface area contributed by atoms with Crippen LogP contribution in [0.25, 0.3) is 11.6 Å². The number of rotatable bonds is 8. The maximum atomic E-state index is 15.2. The second-order valence-electron chi connectivity index (χ2n) is 10.3. The molecule has 3 aliphatic heterocycles. The molecule has 3 unspecified atom stereocenters. The van der Waals surface area contributed by atoms with Crippen LogP contribution in [0.1, 0.15) is 36.4 Å². The van der Waals surface area contributed by atoms with Gasteiger partial charge >= 0.3 is 0 Å². The molecule has 9 nitrogen and oxygen atoms in total. The van der Waals surface area contributed by atoms with Crippen LogP contribution in [0.2, 0.25) is 0 Å². The van der Waals surface area contributed by atoms with Crippen LogP contribution >= 0.6 is 0 Å². The van der Waals surface area contributed by atoms with Crippen molar-refractivity contribution in [2.24, 2.45) is 10.7 Å². The molecule has 4 N–H and O–H groups in total. The molecular weight excluding hydrogens is 493 g/mol. The molecular formula is C28H34FN3O6. The number of nitrogens with one attached hydrogen (secondary N) is 1. The van der Waals surface area contributed by atoms with Gasteiger partial charge in [-0.2, -0.15) is 0 Å². The van der Waals surface area contributed by atoms with Crippen molar-refractivity contribution in [2.45, 2.75) is 61.6 Å². The van der Waals surface area contributed by atoms with Gasteiger partial charge in [0.25, 0.3) is 0 Å². The lowest BCUT2D eigenvalue weighted by atomic mass is 9.90. The van der Waals surface area contributed by atoms with Crippen LogP contribution in [0.4, 0.5) is 4.39 Å². The molecule has 204 valence electrons. The van der Waals surface area contributed by atoms with Crippen molar-refractivity contribution in [3.8, 4) is 5.88 Å². The molecule has 2 aromatic rings. The molecule has 10 heteroatoms. The number of hydrogen-bond donors (Lipinski definition) is 3. The first kappa shape index (κ1) is 25.7. The van der Waals surface area contributed by atoms with Gasteiger partial charge in [-0.15, -0.1) is 0 Å². The number of aliphatic hydroxyl groups excluding tert-OH is 1. The Labute approximate surface area is 220 Å². The summed E-state index contributed by atoms with van der Waals surface area (Å²) in [5.74, 6) is 0.426. The van der Waals surface area contributed by atoms with Gasteiger partial charge in [0.1, 0.15) is 24.4 Å². The quantitative estimate of drug-likeness (QED) is 0.443. The van der Waals surface area contributed by atoms with Crippen LogP contribution in [0.5, 0.6) is 5.88 Å². The SMILES string of the molecule is COCCOC1CC=C(c2ccc(C3N=c4cc(O[C@@H]5CO[C@]6(N)[C@H](O)CO[C@H]56)[nH]c4=CC3F)cc2)CC1. The Kier molecular flexibility index (Phi) is 7.10. The Morgan fingerprint density at radius 1 is 1.24 bits per heavy atom. The summed E-state index contributed by atoms with van der Waals surface area (Å²) < 4.78 is 43.3. The van der Waals surface area contributed by atoms with Crippen molar-refractivity contribution in [1.29, 1.82) is 0 Å². The van der Waals surface area contributed by atoms with Crippen LogP contribution in [-0.4, -0.2) is 79.9 Å². The number of nitrogens with two attached hydrogens (primary N) is 1. The lowest BCUT2D eigenvalue weighted by molar-refractivity contribution is -0.0715. The molecule has 2 fully saturated rings. The van der Waals surface area contributed by atoms with E-state index in [1.54, 1.807) is 13.2 Å². The van der Waals surface area contributed by atoms with E-state index in [2.05, 4.69) is 16.1 Å². The number of hydrogen-bond acceptors (Lipinski definition) is 8. The molecule has 2 saturated heterocycles. The lowest BCUT2D eigenvalue weighted by Crippen LogP contribution is -2.55. The van der Waals surface area contributed by atoms with Gasteiger partial charge in [0.2, 0.25) is 0 Å². The van der Waals surface area contributed by atoms with E-state index in [0.29, 0.717) is 29.8 Å². The standard InChI is InChI=1S/C28H34FN3O6/c1-34-10-11-35-19-8-6-17(7-9-19)16-2-4-18(5-3-16)26-20(29)12-21-22(32-26)13-25(31-21)38-23-14-37-28(30)24(33)15-36-27(23)28/h2-6,12-13,19-20,23-24,26-27,31,33H,7-11,14-15,30H2,1H3/t19?,20?,23-,24-,26?,27-,28-/m1/s1. The van der Waals surface area contributed by atoms with Crippen LogP contribution in [-0.2, 0) is 18.9 Å². The Hall–Kier alpha value is -2.60. The molecule has 4 heterocycles. The van der Waals surface area contributed by atoms with Gasteiger partial charge in [-0.25, -0.2) is 4.39 Å². The first-order chi connectivity index (χ1) is 18.4. The zero-order chi connectivity index (χ0) is 26.3. The van der Waals surface area contributed by atoms with E-state index >= 15 is 4.39 Å². The fraction of sp³-hybridized carbons (Fsp3) is 0.536. The number of aromatic nitrogens is 1. The topological polar surface area (TPSA) is 121 Å². The van der Waals surface area contributed by atoms with Gasteiger partial charge in [0.05, 0.1) is 43.2 Å². The largest absolute Gasteiger partial charge is 0.470 e. The van der Waals surface area contributed by atoms with Gasteiger partial charge in [-0.05, 0) is 42.0 Å². The van der Waals surface area contributed by atoms with E-state index < -0.39 is 36.3 Å². The molecule has 6 rings (SSSR count). The van der Waals surface area contributed by atoms with E-state index in [9.17, 15) is 5.11 Å². The number of ether oxygens (including phenoxy) is 5. The Balaban J connectivity index is 1.13. The van der Waals surface area contributed by atoms with E-state index in [1.165, 1.54) is 11.6 Å². The molecule has 1 aromatic heterocycles. The van der Waals surface area contributed by atoms with E-state index in [-0.39, 0.29) is 19.3 Å². The number of H-pyrrole nitrogens is 1. The van der Waals surface area contributed by atoms with Crippen LogP contribution in [0.15, 0.2) is 41.4 Å². The number of allylic oxidation sites excluding steroid dienone is 1. The molecule has 0 spiro atoms. The summed E-state index contributed by atoms with van der Waals surface area (Å²) >= 11 is 0. The van der Waals surface area contributed by atoms with Gasteiger partial charge < -0.3 is 33.8 Å². The van der Waals surface area contributed by atoms with Crippen LogP contribution in [0.3, 0.4) is 0 Å². The molecule has 1 aromatic carbocycles. The highest BCUT2D eigenvalue weighted by Crippen LogP contribution is 2.35. The van der Waals surface area contributed by atoms with E-state index in [1.807, 2.05) is 24.3 Å². The number of methoxy groups -OCH3 is 1. The first-order valence-electron chi connectivity index (χ1n) is 13.2. The number of nitrogens with zero attached hydrogens (tertiary/aromatic N) is 1. The Morgan fingerprint density at radius 3 is 2.84 bits per heavy atom. The highest BCUT2D eigenvalue weighted by atomic mass is 19.1. The van der Waals surface area contributed by atoms with Crippen molar-refractivity contribution in [3.05, 3.63) is 58.2 Å². The van der Waals surface area contributed by atoms with E-state index in [0.717, 1.165) is 30.4 Å². The number of aromatic amines is 1. The molecule has 1 aliphatic carbocycles. The summed E-state index contributed by atoms with van der Waals surface area (Å²) in [5.41, 5.74) is 8.13. The maximum Gasteiger partial charge on any atom is 0.193 e. The average molecular weight is 528 g/mol. The molecule has 4 aliphatic rings. The van der Waals surface area contributed by atoms with Crippen molar-refractivity contribution in [3.63, 3.8) is 0 Å². The minimum absolute atomic E-state index is 0.0937. The molecule has 38 heavy (non-hydrogen) atoms. The van der Waals surface area contributed by atoms with Crippen molar-refractivity contribution >= 4 is 11.6 Å². The fourth-order valence-electron chi connectivity index (χ4n) is 5.67. The number of halogens is 1. The van der Waals surface area contributed by atoms with E-state index in [4.69, 9.17) is 29.4 Å². The van der Waals surface area contributed by atoms with Crippen molar-refractivity contribution in [2.75, 3.05) is 33.5 Å². The normalized spacial score (nSPS) is 34.2. The first-order valence-corrected chi connectivity index (χ1v) is 13.2. The van der Waals surface area contributed by atoms with Gasteiger partial charge in [0, 0.05) is 13.2 Å². The van der Waals surface area contributed by atoms with Crippen LogP contribution in [0, 0.1) is 0 Å². The van der Waals surface area contributed by atoms with Crippen molar-refractivity contribution < 1.29 is 33.2 Å². The van der Waals surface area contributed by atoms with Gasteiger partial charge in [0.15, 0.2) is 17.7 Å². The monoisotopic (exact) mass is 527 g/mol. The van der Waals surface area contributed by atoms with Gasteiger partial charge in [-0.1, -0.05) is 30.3 Å². The highest BCUT2D eigenvalue weighted by Gasteiger charge is 2.58. The molecule has 7 atom stereocenters.